The topological polar surface area (TPSA) is 65.8 Å². The summed E-state index contributed by atoms with van der Waals surface area (Å²) in [6, 6.07) is 3.97. The maximum absolute atomic E-state index is 14.1. The first kappa shape index (κ1) is 19.6. The lowest BCUT2D eigenvalue weighted by atomic mass is 10.1. The van der Waals surface area contributed by atoms with Crippen LogP contribution in [0.3, 0.4) is 0 Å². The molecular weight excluding hydrogens is 402 g/mol. The van der Waals surface area contributed by atoms with Gasteiger partial charge in [-0.1, -0.05) is 0 Å². The minimum atomic E-state index is -0.973. The largest absolute Gasteiger partial charge is 0.387 e. The lowest BCUT2D eigenvalue weighted by Gasteiger charge is -2.23. The molecule has 1 aromatic carbocycles. The number of anilines is 1. The van der Waals surface area contributed by atoms with Crippen LogP contribution in [0.15, 0.2) is 30.6 Å². The van der Waals surface area contributed by atoms with E-state index >= 15 is 0 Å². The summed E-state index contributed by atoms with van der Waals surface area (Å²) in [5.41, 5.74) is 2.74. The van der Waals surface area contributed by atoms with E-state index in [9.17, 15) is 13.6 Å². The molecule has 1 aliphatic rings. The van der Waals surface area contributed by atoms with Crippen LogP contribution in [0, 0.1) is 11.6 Å². The molecule has 9 heteroatoms. The number of nitrogens with zero attached hydrogens (tertiary/aromatic N) is 5. The van der Waals surface area contributed by atoms with Gasteiger partial charge in [-0.15, -0.1) is 0 Å². The Bertz CT molecular complexity index is 1330. The van der Waals surface area contributed by atoms with E-state index in [0.717, 1.165) is 31.6 Å². The van der Waals surface area contributed by atoms with Gasteiger partial charge in [-0.2, -0.15) is 0 Å². The predicted molar refractivity (Wildman–Crippen MR) is 115 cm³/mol. The van der Waals surface area contributed by atoms with Crippen LogP contribution < -0.4 is 5.32 Å². The van der Waals surface area contributed by atoms with Crippen LogP contribution in [0.5, 0.6) is 0 Å². The highest BCUT2D eigenvalue weighted by Gasteiger charge is 2.28. The molecule has 0 spiro atoms. The monoisotopic (exact) mass is 424 g/mol. The normalized spacial score (nSPS) is 15.7. The van der Waals surface area contributed by atoms with Crippen molar-refractivity contribution in [2.45, 2.75) is 6.42 Å². The second-order valence-electron chi connectivity index (χ2n) is 7.87. The maximum atomic E-state index is 14.1. The first-order chi connectivity index (χ1) is 15.0. The Morgan fingerprint density at radius 3 is 2.71 bits per heavy atom. The Labute approximate surface area is 177 Å². The van der Waals surface area contributed by atoms with E-state index < -0.39 is 11.6 Å². The number of pyridine rings is 2. The second-order valence-corrected chi connectivity index (χ2v) is 7.87. The predicted octanol–water partition coefficient (Wildman–Crippen LogP) is 3.13. The lowest BCUT2D eigenvalue weighted by molar-refractivity contribution is 0.0765. The van der Waals surface area contributed by atoms with Gasteiger partial charge in [-0.05, 0) is 26.1 Å². The van der Waals surface area contributed by atoms with Gasteiger partial charge in [0.15, 0.2) is 17.3 Å². The number of aromatic nitrogens is 3. The van der Waals surface area contributed by atoms with E-state index in [4.69, 9.17) is 0 Å². The van der Waals surface area contributed by atoms with Crippen molar-refractivity contribution in [1.82, 2.24) is 24.2 Å². The fourth-order valence-corrected chi connectivity index (χ4v) is 4.38. The van der Waals surface area contributed by atoms with E-state index in [1.807, 2.05) is 11.9 Å². The Hall–Kier alpha value is -3.33. The average molecular weight is 424 g/mol. The van der Waals surface area contributed by atoms with Crippen molar-refractivity contribution in [2.24, 2.45) is 0 Å². The number of carbonyl (C=O) groups excluding carboxylic acids is 1. The molecule has 0 bridgehead atoms. The number of likely N-dealkylation sites (N-methyl/N-ethyl adjacent to an activating group) is 1. The number of halogens is 2. The molecule has 0 atom stereocenters. The van der Waals surface area contributed by atoms with Crippen LogP contribution in [0.4, 0.5) is 14.5 Å². The zero-order valence-electron chi connectivity index (χ0n) is 17.3. The number of hydrogen-bond acceptors (Lipinski definition) is 5. The molecule has 0 saturated carbocycles. The number of fused-ring (bicyclic) bond motifs is 5. The number of benzene rings is 1. The first-order valence-corrected chi connectivity index (χ1v) is 10.2. The molecule has 31 heavy (non-hydrogen) atoms. The zero-order chi connectivity index (χ0) is 21.7. The van der Waals surface area contributed by atoms with Crippen molar-refractivity contribution in [1.29, 1.82) is 0 Å². The molecule has 7 nitrogen and oxygen atoms in total. The Balaban J connectivity index is 1.85. The molecule has 0 radical (unpaired) electrons. The molecule has 1 saturated heterocycles. The summed E-state index contributed by atoms with van der Waals surface area (Å²) >= 11 is 0. The number of nitrogens with one attached hydrogen (secondary N) is 1. The average Bonchev–Trinajstić information content (AvgIpc) is 2.97. The molecule has 5 rings (SSSR count). The SMILES string of the molecule is CNc1c(C(=O)N2CCCN(C)CC2)c2nc3cc(F)c(F)cc3n2c2ccncc12. The Morgan fingerprint density at radius 2 is 1.90 bits per heavy atom. The van der Waals surface area contributed by atoms with Crippen LogP contribution in [-0.2, 0) is 0 Å². The standard InChI is InChI=1S/C22H22F2N6O/c1-25-20-13-12-26-5-4-17(13)30-18-11-15(24)14(23)10-16(18)27-21(30)19(20)22(31)29-7-3-6-28(2)8-9-29/h4-5,10-12,25H,3,6-9H2,1-2H3. The van der Waals surface area contributed by atoms with Crippen molar-refractivity contribution in [3.05, 3.63) is 47.8 Å². The number of amides is 1. The van der Waals surface area contributed by atoms with Crippen molar-refractivity contribution in [3.8, 4) is 0 Å². The van der Waals surface area contributed by atoms with Crippen molar-refractivity contribution in [3.63, 3.8) is 0 Å². The minimum Gasteiger partial charge on any atom is -0.387 e. The van der Waals surface area contributed by atoms with E-state index in [-0.39, 0.29) is 11.4 Å². The van der Waals surface area contributed by atoms with Crippen LogP contribution >= 0.6 is 0 Å². The fraction of sp³-hybridized carbons (Fsp3) is 0.318. The minimum absolute atomic E-state index is 0.161. The third-order valence-corrected chi connectivity index (χ3v) is 5.95. The third kappa shape index (κ3) is 3.07. The molecule has 1 N–H and O–H groups in total. The molecule has 1 fully saturated rings. The van der Waals surface area contributed by atoms with E-state index in [0.29, 0.717) is 46.4 Å². The Morgan fingerprint density at radius 1 is 1.10 bits per heavy atom. The van der Waals surface area contributed by atoms with Crippen molar-refractivity contribution >= 4 is 39.2 Å². The number of hydrogen-bond donors (Lipinski definition) is 1. The van der Waals surface area contributed by atoms with Gasteiger partial charge < -0.3 is 15.1 Å². The van der Waals surface area contributed by atoms with Gasteiger partial charge in [0.05, 0.1) is 22.2 Å². The summed E-state index contributed by atoms with van der Waals surface area (Å²) in [5.74, 6) is -2.09. The Kier molecular flexibility index (Phi) is 4.70. The summed E-state index contributed by atoms with van der Waals surface area (Å²) in [6.45, 7) is 2.93. The van der Waals surface area contributed by atoms with Crippen LogP contribution in [0.25, 0.3) is 27.6 Å². The summed E-state index contributed by atoms with van der Waals surface area (Å²) in [7, 11) is 3.78. The van der Waals surface area contributed by atoms with E-state index in [1.165, 1.54) is 0 Å². The third-order valence-electron chi connectivity index (χ3n) is 5.95. The van der Waals surface area contributed by atoms with Crippen LogP contribution in [0.2, 0.25) is 0 Å². The highest BCUT2D eigenvalue weighted by molar-refractivity contribution is 6.13. The van der Waals surface area contributed by atoms with Gasteiger partial charge in [-0.25, -0.2) is 13.8 Å². The highest BCUT2D eigenvalue weighted by Crippen LogP contribution is 2.34. The van der Waals surface area contributed by atoms with Gasteiger partial charge in [0, 0.05) is 56.6 Å². The van der Waals surface area contributed by atoms with Gasteiger partial charge in [0.25, 0.3) is 5.91 Å². The molecule has 4 heterocycles. The summed E-state index contributed by atoms with van der Waals surface area (Å²) in [5, 5.41) is 3.85. The van der Waals surface area contributed by atoms with E-state index in [2.05, 4.69) is 20.2 Å². The molecule has 3 aromatic heterocycles. The summed E-state index contributed by atoms with van der Waals surface area (Å²) in [6.07, 6.45) is 4.16. The van der Waals surface area contributed by atoms with Crippen molar-refractivity contribution < 1.29 is 13.6 Å². The van der Waals surface area contributed by atoms with Gasteiger partial charge in [0.1, 0.15) is 5.56 Å². The maximum Gasteiger partial charge on any atom is 0.259 e. The molecule has 0 unspecified atom stereocenters. The first-order valence-electron chi connectivity index (χ1n) is 10.2. The zero-order valence-corrected chi connectivity index (χ0v) is 17.3. The molecule has 1 aliphatic heterocycles. The molecular formula is C22H22F2N6O. The summed E-state index contributed by atoms with van der Waals surface area (Å²) in [4.78, 5) is 26.6. The summed E-state index contributed by atoms with van der Waals surface area (Å²) < 4.78 is 29.8. The van der Waals surface area contributed by atoms with Crippen molar-refractivity contribution in [2.75, 3.05) is 45.6 Å². The number of carbonyl (C=O) groups is 1. The van der Waals surface area contributed by atoms with Crippen LogP contribution in [0.1, 0.15) is 16.8 Å². The second kappa shape index (κ2) is 7.42. The van der Waals surface area contributed by atoms with Gasteiger partial charge in [-0.3, -0.25) is 14.2 Å². The molecule has 4 aromatic rings. The highest BCUT2D eigenvalue weighted by atomic mass is 19.2. The molecule has 0 aliphatic carbocycles. The van der Waals surface area contributed by atoms with Crippen LogP contribution in [-0.4, -0.2) is 70.4 Å². The molecule has 160 valence electrons. The number of rotatable bonds is 2. The van der Waals surface area contributed by atoms with E-state index in [1.54, 1.807) is 29.9 Å². The van der Waals surface area contributed by atoms with Gasteiger partial charge in [0.2, 0.25) is 0 Å². The number of imidazole rings is 1. The van der Waals surface area contributed by atoms with Gasteiger partial charge >= 0.3 is 0 Å². The smallest absolute Gasteiger partial charge is 0.259 e. The quantitative estimate of drug-likeness (QED) is 0.536. The fourth-order valence-electron chi connectivity index (χ4n) is 4.38. The molecule has 1 amide bonds. The lowest BCUT2D eigenvalue weighted by Crippen LogP contribution is -2.35.